The highest BCUT2D eigenvalue weighted by molar-refractivity contribution is 6.95. The molecule has 5 heteroatoms. The van der Waals surface area contributed by atoms with Gasteiger partial charge in [0.05, 0.1) is 0 Å². The van der Waals surface area contributed by atoms with Gasteiger partial charge in [-0.25, -0.2) is 0 Å². The predicted octanol–water partition coefficient (Wildman–Crippen LogP) is -4.00. The van der Waals surface area contributed by atoms with Gasteiger partial charge in [0, 0.05) is 0 Å². The van der Waals surface area contributed by atoms with E-state index in [4.69, 9.17) is 10.3 Å². The minimum Gasteiger partial charge on any atom is -0.396 e. The molecule has 0 aliphatic carbocycles. The van der Waals surface area contributed by atoms with Crippen LogP contribution < -0.4 is 43.5 Å². The van der Waals surface area contributed by atoms with Crippen molar-refractivity contribution in [3.63, 3.8) is 0 Å². The molecule has 0 aliphatic heterocycles. The van der Waals surface area contributed by atoms with Gasteiger partial charge in [-0.05, 0) is 3.44 Å². The third-order valence-electron chi connectivity index (χ3n) is 3.40. The van der Waals surface area contributed by atoms with E-state index in [-0.39, 0.29) is 0 Å². The summed E-state index contributed by atoms with van der Waals surface area (Å²) in [6.07, 6.45) is 0. The van der Waals surface area contributed by atoms with Crippen LogP contribution in [0.3, 0.4) is 0 Å². The second kappa shape index (κ2) is 9.59. The maximum absolute atomic E-state index is 8.68. The summed E-state index contributed by atoms with van der Waals surface area (Å²) in [7, 11) is -1.31. The van der Waals surface area contributed by atoms with Gasteiger partial charge >= 0.3 is 21.1 Å². The first-order chi connectivity index (χ1) is 11.2. The van der Waals surface area contributed by atoms with Gasteiger partial charge in [-0.3, -0.25) is 0 Å². The van der Waals surface area contributed by atoms with E-state index in [0.717, 1.165) is 0 Å². The van der Waals surface area contributed by atoms with Crippen LogP contribution in [0.15, 0.2) is 91.0 Å². The Morgan fingerprint density at radius 3 is 1.00 bits per heavy atom. The number of hydrogen-bond acceptors (Lipinski definition) is 3. The van der Waals surface area contributed by atoms with Gasteiger partial charge in [0.2, 0.25) is 0 Å². The molecule has 0 aliphatic rings. The van der Waals surface area contributed by atoms with Crippen LogP contribution in [0.2, 0.25) is 0 Å². The van der Waals surface area contributed by atoms with Gasteiger partial charge in [0.25, 0.3) is 0 Å². The summed E-state index contributed by atoms with van der Waals surface area (Å²) in [6, 6.07) is 32.7. The summed E-state index contributed by atoms with van der Waals surface area (Å²) >= 11 is -3.76. The summed E-state index contributed by atoms with van der Waals surface area (Å²) in [5, 5.41) is 4.42. The summed E-state index contributed by atoms with van der Waals surface area (Å²) in [5.74, 6) is 0. The molecular formula is C18H17IO3Si. The third-order valence-corrected chi connectivity index (χ3v) is 6.55. The predicted molar refractivity (Wildman–Crippen MR) is 87.6 cm³/mol. The zero-order valence-corrected chi connectivity index (χ0v) is 15.7. The van der Waals surface area contributed by atoms with E-state index in [1.165, 1.54) is 15.6 Å². The molecule has 0 radical (unpaired) electrons. The lowest BCUT2D eigenvalue weighted by atomic mass is 10.3. The van der Waals surface area contributed by atoms with Crippen molar-refractivity contribution in [1.29, 1.82) is 0 Å². The molecule has 0 saturated heterocycles. The summed E-state index contributed by atoms with van der Waals surface area (Å²) < 4.78 is 24.5. The Hall–Kier alpha value is -1.51. The van der Waals surface area contributed by atoms with Crippen LogP contribution in [0.25, 0.3) is 0 Å². The highest BCUT2D eigenvalue weighted by Crippen LogP contribution is 1.95. The van der Waals surface area contributed by atoms with Gasteiger partial charge in [-0.15, -0.1) is 0 Å². The SMILES string of the molecule is [O-][I+2]([O-])O.c1ccc([SiH](c2ccccc2)c2ccccc2)cc1. The van der Waals surface area contributed by atoms with Crippen LogP contribution in [0.5, 0.6) is 0 Å². The molecule has 0 saturated carbocycles. The Bertz CT molecular complexity index is 582. The molecule has 1 N–H and O–H groups in total. The van der Waals surface area contributed by atoms with Crippen molar-refractivity contribution in [3.8, 4) is 0 Å². The maximum atomic E-state index is 8.68. The summed E-state index contributed by atoms with van der Waals surface area (Å²) in [6.45, 7) is 0. The third kappa shape index (κ3) is 5.89. The first-order valence-electron chi connectivity index (χ1n) is 7.08. The van der Waals surface area contributed by atoms with Gasteiger partial charge in [0.1, 0.15) is 8.80 Å². The molecule has 0 heterocycles. The van der Waals surface area contributed by atoms with Crippen molar-refractivity contribution < 1.29 is 31.4 Å². The molecule has 0 bridgehead atoms. The summed E-state index contributed by atoms with van der Waals surface area (Å²) in [4.78, 5) is 0. The second-order valence-corrected chi connectivity index (χ2v) is 8.88. The van der Waals surface area contributed by atoms with Gasteiger partial charge in [-0.2, -0.15) is 0 Å². The molecule has 0 unspecified atom stereocenters. The van der Waals surface area contributed by atoms with Crippen molar-refractivity contribution in [3.05, 3.63) is 91.0 Å². The van der Waals surface area contributed by atoms with Crippen LogP contribution in [0.4, 0.5) is 0 Å². The van der Waals surface area contributed by atoms with Crippen molar-refractivity contribution >= 4 is 24.4 Å². The van der Waals surface area contributed by atoms with E-state index < -0.39 is 29.9 Å². The smallest absolute Gasteiger partial charge is 0.396 e. The van der Waals surface area contributed by atoms with Crippen molar-refractivity contribution in [2.45, 2.75) is 0 Å². The van der Waals surface area contributed by atoms with Crippen LogP contribution >= 0.6 is 0 Å². The van der Waals surface area contributed by atoms with E-state index in [1.54, 1.807) is 0 Å². The van der Waals surface area contributed by atoms with Crippen molar-refractivity contribution in [2.75, 3.05) is 0 Å². The Morgan fingerprint density at radius 1 is 0.565 bits per heavy atom. The Balaban J connectivity index is 0.000000433. The van der Waals surface area contributed by atoms with Crippen molar-refractivity contribution in [2.24, 2.45) is 0 Å². The first-order valence-corrected chi connectivity index (χ1v) is 11.5. The topological polar surface area (TPSA) is 66.3 Å². The molecule has 3 aromatic rings. The molecular weight excluding hydrogens is 419 g/mol. The second-order valence-electron chi connectivity index (χ2n) is 4.87. The fourth-order valence-corrected chi connectivity index (χ4v) is 5.49. The minimum atomic E-state index is -3.76. The average molecular weight is 436 g/mol. The quantitative estimate of drug-likeness (QED) is 0.259. The number of rotatable bonds is 3. The maximum Gasteiger partial charge on any atom is 0.503 e. The van der Waals surface area contributed by atoms with E-state index in [0.29, 0.717) is 0 Å². The Morgan fingerprint density at radius 2 is 0.783 bits per heavy atom. The molecule has 3 rings (SSSR count). The Kier molecular flexibility index (Phi) is 7.43. The zero-order valence-electron chi connectivity index (χ0n) is 12.4. The molecule has 118 valence electrons. The number of benzene rings is 3. The van der Waals surface area contributed by atoms with Gasteiger partial charge in [-0.1, -0.05) is 107 Å². The molecule has 0 aromatic heterocycles. The lowest BCUT2D eigenvalue weighted by Gasteiger charge is -2.16. The largest absolute Gasteiger partial charge is 0.503 e. The molecule has 0 spiro atoms. The highest BCUT2D eigenvalue weighted by Gasteiger charge is 2.17. The van der Waals surface area contributed by atoms with Gasteiger partial charge in [0.15, 0.2) is 0 Å². The fourth-order valence-electron chi connectivity index (χ4n) is 2.51. The normalized spacial score (nSPS) is 10.3. The van der Waals surface area contributed by atoms with Gasteiger partial charge < -0.3 is 6.87 Å². The molecule has 3 nitrogen and oxygen atoms in total. The van der Waals surface area contributed by atoms with Crippen molar-refractivity contribution in [1.82, 2.24) is 0 Å². The molecule has 0 fully saturated rings. The fraction of sp³-hybridized carbons (Fsp3) is 0. The van der Waals surface area contributed by atoms with E-state index >= 15 is 0 Å². The highest BCUT2D eigenvalue weighted by atomic mass is 127. The van der Waals surface area contributed by atoms with Crippen LogP contribution in [-0.2, 0) is 0 Å². The molecule has 3 aromatic carbocycles. The number of hydrogen-bond donors (Lipinski definition) is 1. The molecule has 0 atom stereocenters. The first kappa shape index (κ1) is 17.8. The molecule has 23 heavy (non-hydrogen) atoms. The average Bonchev–Trinajstić information content (AvgIpc) is 2.58. The monoisotopic (exact) mass is 436 g/mol. The molecule has 0 amide bonds. The van der Waals surface area contributed by atoms with E-state index in [9.17, 15) is 0 Å². The van der Waals surface area contributed by atoms with Crippen LogP contribution in [-0.4, -0.2) is 12.2 Å². The lowest BCUT2D eigenvalue weighted by Crippen LogP contribution is -3.98. The Labute approximate surface area is 146 Å². The number of halogens is 1. The summed E-state index contributed by atoms with van der Waals surface area (Å²) in [5.41, 5.74) is 0. The lowest BCUT2D eigenvalue weighted by molar-refractivity contribution is -1.63. The zero-order chi connectivity index (χ0) is 16.5. The standard InChI is InChI=1S/C18H16Si.HIO3/c1-4-10-16(11-5-1)19(17-12-6-2-7-13-17)18-14-8-3-9-15-18;2-1(3)4/h1-15,19H;2H. The van der Waals surface area contributed by atoms with Crippen LogP contribution in [0, 0.1) is 0 Å². The minimum absolute atomic E-state index is 1.31. The van der Waals surface area contributed by atoms with E-state index in [2.05, 4.69) is 91.0 Å². The van der Waals surface area contributed by atoms with Crippen LogP contribution in [0.1, 0.15) is 0 Å². The van der Waals surface area contributed by atoms with E-state index in [1.807, 2.05) is 0 Å².